The molecule has 0 N–H and O–H groups in total. The summed E-state index contributed by atoms with van der Waals surface area (Å²) in [5, 5.41) is 0. The van der Waals surface area contributed by atoms with E-state index in [1.54, 1.807) is 6.21 Å². The van der Waals surface area contributed by atoms with Crippen LogP contribution in [0.25, 0.3) is 0 Å². The summed E-state index contributed by atoms with van der Waals surface area (Å²) in [6, 6.07) is 26.4. The van der Waals surface area contributed by atoms with Crippen LogP contribution in [0.3, 0.4) is 0 Å². The zero-order valence-electron chi connectivity index (χ0n) is 15.4. The number of anilines is 3. The standard InChI is InChI=1S/C23H21N3O/c1-25(19-8-4-3-5-9-19)20-14-12-18(13-15-20)24-17-16-23-26(2)21-10-6-7-11-22(21)27-23/h3-17H,1-2H3/b23-16+,24-17?. The molecule has 1 heterocycles. The maximum Gasteiger partial charge on any atom is 0.201 e. The minimum atomic E-state index is 0.764. The first kappa shape index (κ1) is 16.9. The summed E-state index contributed by atoms with van der Waals surface area (Å²) >= 11 is 0. The Morgan fingerprint density at radius 2 is 1.52 bits per heavy atom. The first-order chi connectivity index (χ1) is 13.2. The van der Waals surface area contributed by atoms with Crippen molar-refractivity contribution in [1.29, 1.82) is 0 Å². The normalized spacial score (nSPS) is 14.4. The Kier molecular flexibility index (Phi) is 4.62. The summed E-state index contributed by atoms with van der Waals surface area (Å²) in [6.07, 6.45) is 3.65. The molecular formula is C23H21N3O. The molecule has 1 aliphatic rings. The first-order valence-corrected chi connectivity index (χ1v) is 8.86. The third-order valence-electron chi connectivity index (χ3n) is 4.59. The number of hydrogen-bond donors (Lipinski definition) is 0. The monoisotopic (exact) mass is 355 g/mol. The van der Waals surface area contributed by atoms with Gasteiger partial charge in [0.2, 0.25) is 5.88 Å². The molecular weight excluding hydrogens is 334 g/mol. The van der Waals surface area contributed by atoms with Crippen LogP contribution in [-0.2, 0) is 0 Å². The molecule has 0 saturated heterocycles. The molecule has 4 heteroatoms. The summed E-state index contributed by atoms with van der Waals surface area (Å²) in [4.78, 5) is 8.67. The smallest absolute Gasteiger partial charge is 0.201 e. The van der Waals surface area contributed by atoms with Gasteiger partial charge in [0.15, 0.2) is 5.75 Å². The Morgan fingerprint density at radius 3 is 2.26 bits per heavy atom. The Labute approximate surface area is 159 Å². The zero-order chi connectivity index (χ0) is 18.6. The lowest BCUT2D eigenvalue weighted by atomic mass is 10.2. The molecule has 0 atom stereocenters. The summed E-state index contributed by atoms with van der Waals surface area (Å²) in [6.45, 7) is 0. The van der Waals surface area contributed by atoms with Crippen molar-refractivity contribution in [2.45, 2.75) is 0 Å². The predicted molar refractivity (Wildman–Crippen MR) is 113 cm³/mol. The van der Waals surface area contributed by atoms with E-state index in [4.69, 9.17) is 4.74 Å². The summed E-state index contributed by atoms with van der Waals surface area (Å²) < 4.78 is 5.85. The third-order valence-corrected chi connectivity index (χ3v) is 4.59. The van der Waals surface area contributed by atoms with Crippen LogP contribution in [-0.4, -0.2) is 20.3 Å². The maximum absolute atomic E-state index is 5.85. The second-order valence-electron chi connectivity index (χ2n) is 6.32. The van der Waals surface area contributed by atoms with E-state index in [9.17, 15) is 0 Å². The van der Waals surface area contributed by atoms with Gasteiger partial charge in [-0.3, -0.25) is 4.99 Å². The Morgan fingerprint density at radius 1 is 0.852 bits per heavy atom. The molecule has 0 amide bonds. The Balaban J connectivity index is 1.45. The lowest BCUT2D eigenvalue weighted by Crippen LogP contribution is -2.13. The van der Waals surface area contributed by atoms with E-state index in [-0.39, 0.29) is 0 Å². The van der Waals surface area contributed by atoms with Crippen molar-refractivity contribution in [2.24, 2.45) is 4.99 Å². The molecule has 0 fully saturated rings. The van der Waals surface area contributed by atoms with Crippen molar-refractivity contribution in [3.05, 3.63) is 90.8 Å². The van der Waals surface area contributed by atoms with Crippen LogP contribution in [0.2, 0.25) is 0 Å². The van der Waals surface area contributed by atoms with E-state index in [1.807, 2.05) is 72.6 Å². The van der Waals surface area contributed by atoms with Crippen LogP contribution in [0.5, 0.6) is 5.75 Å². The highest BCUT2D eigenvalue weighted by atomic mass is 16.5. The van der Waals surface area contributed by atoms with Crippen molar-refractivity contribution in [2.75, 3.05) is 23.9 Å². The van der Waals surface area contributed by atoms with Crippen molar-refractivity contribution in [3.63, 3.8) is 0 Å². The van der Waals surface area contributed by atoms with Gasteiger partial charge in [-0.05, 0) is 48.5 Å². The molecule has 1 aliphatic heterocycles. The largest absolute Gasteiger partial charge is 0.439 e. The van der Waals surface area contributed by atoms with Crippen LogP contribution in [0.4, 0.5) is 22.7 Å². The van der Waals surface area contributed by atoms with Crippen molar-refractivity contribution in [1.82, 2.24) is 0 Å². The number of nitrogens with zero attached hydrogens (tertiary/aromatic N) is 3. The lowest BCUT2D eigenvalue weighted by Gasteiger charge is -2.19. The number of aliphatic imine (C=N–C) groups is 1. The topological polar surface area (TPSA) is 28.1 Å². The van der Waals surface area contributed by atoms with Gasteiger partial charge < -0.3 is 14.5 Å². The summed E-state index contributed by atoms with van der Waals surface area (Å²) in [5.74, 6) is 1.63. The number of fused-ring (bicyclic) bond motifs is 1. The van der Waals surface area contributed by atoms with Gasteiger partial charge in [0.25, 0.3) is 0 Å². The van der Waals surface area contributed by atoms with Gasteiger partial charge in [0.05, 0.1) is 11.4 Å². The van der Waals surface area contributed by atoms with Crippen molar-refractivity contribution >= 4 is 29.0 Å². The quantitative estimate of drug-likeness (QED) is 0.576. The van der Waals surface area contributed by atoms with Gasteiger partial charge in [-0.1, -0.05) is 30.3 Å². The van der Waals surface area contributed by atoms with E-state index in [0.717, 1.165) is 34.4 Å². The molecule has 0 radical (unpaired) electrons. The van der Waals surface area contributed by atoms with E-state index in [0.29, 0.717) is 0 Å². The molecule has 0 unspecified atom stereocenters. The second kappa shape index (κ2) is 7.38. The van der Waals surface area contributed by atoms with Gasteiger partial charge in [0, 0.05) is 37.8 Å². The van der Waals surface area contributed by atoms with Gasteiger partial charge >= 0.3 is 0 Å². The van der Waals surface area contributed by atoms with Crippen LogP contribution >= 0.6 is 0 Å². The molecule has 0 aliphatic carbocycles. The fourth-order valence-corrected chi connectivity index (χ4v) is 3.02. The minimum absolute atomic E-state index is 0.764. The van der Waals surface area contributed by atoms with Crippen molar-refractivity contribution < 1.29 is 4.74 Å². The zero-order valence-corrected chi connectivity index (χ0v) is 15.4. The first-order valence-electron chi connectivity index (χ1n) is 8.86. The average Bonchev–Trinajstić information content (AvgIpc) is 3.05. The molecule has 4 rings (SSSR count). The molecule has 0 spiro atoms. The molecule has 4 nitrogen and oxygen atoms in total. The SMILES string of the molecule is CN1/C(=C\C=Nc2ccc(N(C)c3ccccc3)cc2)Oc2ccccc21. The number of allylic oxidation sites excluding steroid dienone is 1. The fourth-order valence-electron chi connectivity index (χ4n) is 3.02. The molecule has 0 aromatic heterocycles. The number of hydrogen-bond acceptors (Lipinski definition) is 4. The van der Waals surface area contributed by atoms with Gasteiger partial charge in [-0.15, -0.1) is 0 Å². The van der Waals surface area contributed by atoms with E-state index in [1.165, 1.54) is 0 Å². The Hall–Kier alpha value is -3.53. The lowest BCUT2D eigenvalue weighted by molar-refractivity contribution is 0.445. The van der Waals surface area contributed by atoms with Crippen LogP contribution in [0.1, 0.15) is 0 Å². The highest BCUT2D eigenvalue weighted by molar-refractivity contribution is 5.78. The number of benzene rings is 3. The van der Waals surface area contributed by atoms with Gasteiger partial charge in [-0.25, -0.2) is 0 Å². The second-order valence-corrected chi connectivity index (χ2v) is 6.32. The van der Waals surface area contributed by atoms with E-state index >= 15 is 0 Å². The molecule has 0 bridgehead atoms. The average molecular weight is 355 g/mol. The third kappa shape index (κ3) is 3.55. The van der Waals surface area contributed by atoms with Gasteiger partial charge in [0.1, 0.15) is 0 Å². The van der Waals surface area contributed by atoms with E-state index in [2.05, 4.69) is 41.2 Å². The molecule has 0 saturated carbocycles. The Bertz CT molecular complexity index is 978. The highest BCUT2D eigenvalue weighted by Gasteiger charge is 2.21. The minimum Gasteiger partial charge on any atom is -0.439 e. The van der Waals surface area contributed by atoms with E-state index < -0.39 is 0 Å². The summed E-state index contributed by atoms with van der Waals surface area (Å²) in [7, 11) is 4.04. The predicted octanol–water partition coefficient (Wildman–Crippen LogP) is 5.53. The number of rotatable bonds is 4. The van der Waals surface area contributed by atoms with Crippen LogP contribution in [0.15, 0.2) is 95.8 Å². The fraction of sp³-hybridized carbons (Fsp3) is 0.0870. The van der Waals surface area contributed by atoms with Crippen LogP contribution in [0, 0.1) is 0 Å². The van der Waals surface area contributed by atoms with Crippen molar-refractivity contribution in [3.8, 4) is 5.75 Å². The number of para-hydroxylation sites is 3. The van der Waals surface area contributed by atoms with Crippen LogP contribution < -0.4 is 14.5 Å². The molecule has 27 heavy (non-hydrogen) atoms. The van der Waals surface area contributed by atoms with Gasteiger partial charge in [-0.2, -0.15) is 0 Å². The molecule has 3 aromatic rings. The molecule has 134 valence electrons. The highest BCUT2D eigenvalue weighted by Crippen LogP contribution is 2.37. The molecule has 3 aromatic carbocycles. The number of ether oxygens (including phenoxy) is 1. The maximum atomic E-state index is 5.85. The summed E-state index contributed by atoms with van der Waals surface area (Å²) in [5.41, 5.74) is 4.23.